The summed E-state index contributed by atoms with van der Waals surface area (Å²) in [6, 6.07) is 16.9. The SMILES string of the molecule is O=C(CCn1ccnc1)Nc1cccc(C(=O)NCc2cccc(Cn3cccn3)c2)c1. The van der Waals surface area contributed by atoms with Gasteiger partial charge in [-0.1, -0.05) is 30.3 Å². The molecule has 0 atom stereocenters. The summed E-state index contributed by atoms with van der Waals surface area (Å²) in [6.07, 6.45) is 9.15. The molecule has 4 aromatic rings. The van der Waals surface area contributed by atoms with Gasteiger partial charge in [-0.25, -0.2) is 4.98 Å². The third-order valence-electron chi connectivity index (χ3n) is 4.91. The molecule has 162 valence electrons. The Morgan fingerprint density at radius 2 is 1.81 bits per heavy atom. The number of benzene rings is 2. The molecule has 0 saturated carbocycles. The molecule has 0 aliphatic heterocycles. The number of hydrogen-bond donors (Lipinski definition) is 2. The van der Waals surface area contributed by atoms with Gasteiger partial charge in [0.25, 0.3) is 5.91 Å². The molecule has 0 spiro atoms. The van der Waals surface area contributed by atoms with Crippen molar-refractivity contribution < 1.29 is 9.59 Å². The zero-order chi connectivity index (χ0) is 22.2. The van der Waals surface area contributed by atoms with Crippen molar-refractivity contribution in [1.29, 1.82) is 0 Å². The topological polar surface area (TPSA) is 93.8 Å². The maximum Gasteiger partial charge on any atom is 0.251 e. The summed E-state index contributed by atoms with van der Waals surface area (Å²) in [6.45, 7) is 1.64. The van der Waals surface area contributed by atoms with E-state index >= 15 is 0 Å². The van der Waals surface area contributed by atoms with Crippen LogP contribution >= 0.6 is 0 Å². The summed E-state index contributed by atoms with van der Waals surface area (Å²) in [5.74, 6) is -0.317. The number of rotatable bonds is 9. The number of nitrogens with zero attached hydrogens (tertiary/aromatic N) is 4. The Morgan fingerprint density at radius 3 is 2.62 bits per heavy atom. The van der Waals surface area contributed by atoms with Gasteiger partial charge in [-0.05, 0) is 35.4 Å². The van der Waals surface area contributed by atoms with Gasteiger partial charge in [0.2, 0.25) is 5.91 Å². The second kappa shape index (κ2) is 10.2. The van der Waals surface area contributed by atoms with Crippen LogP contribution in [0.15, 0.2) is 85.7 Å². The van der Waals surface area contributed by atoms with Crippen LogP contribution in [0, 0.1) is 0 Å². The van der Waals surface area contributed by atoms with E-state index in [-0.39, 0.29) is 11.8 Å². The van der Waals surface area contributed by atoms with E-state index in [0.29, 0.717) is 37.3 Å². The largest absolute Gasteiger partial charge is 0.348 e. The first-order valence-electron chi connectivity index (χ1n) is 10.3. The van der Waals surface area contributed by atoms with E-state index in [9.17, 15) is 9.59 Å². The Bertz CT molecular complexity index is 1170. The smallest absolute Gasteiger partial charge is 0.251 e. The standard InChI is InChI=1S/C24H24N6O2/c31-23(8-12-29-13-10-25-18-29)28-22-7-2-6-21(15-22)24(32)26-16-19-4-1-5-20(14-19)17-30-11-3-9-27-30/h1-7,9-11,13-15,18H,8,12,16-17H2,(H,26,32)(H,28,31). The second-order valence-electron chi connectivity index (χ2n) is 7.39. The quantitative estimate of drug-likeness (QED) is 0.428. The average molecular weight is 428 g/mol. The fourth-order valence-electron chi connectivity index (χ4n) is 3.31. The van der Waals surface area contributed by atoms with E-state index in [0.717, 1.165) is 11.1 Å². The van der Waals surface area contributed by atoms with E-state index in [1.807, 2.05) is 45.9 Å². The van der Waals surface area contributed by atoms with Crippen molar-refractivity contribution in [2.45, 2.75) is 26.1 Å². The molecule has 32 heavy (non-hydrogen) atoms. The summed E-state index contributed by atoms with van der Waals surface area (Å²) in [5, 5.41) is 10.0. The Labute approximate surface area is 185 Å². The Morgan fingerprint density at radius 1 is 0.938 bits per heavy atom. The summed E-state index contributed by atoms with van der Waals surface area (Å²) in [5.41, 5.74) is 3.20. The monoisotopic (exact) mass is 428 g/mol. The first kappa shape index (κ1) is 21.0. The van der Waals surface area contributed by atoms with Crippen molar-refractivity contribution in [3.63, 3.8) is 0 Å². The van der Waals surface area contributed by atoms with Crippen LogP contribution in [-0.2, 0) is 24.4 Å². The highest BCUT2D eigenvalue weighted by atomic mass is 16.2. The molecule has 2 aromatic carbocycles. The fraction of sp³-hybridized carbons (Fsp3) is 0.167. The highest BCUT2D eigenvalue weighted by Gasteiger charge is 2.09. The molecule has 2 amide bonds. The van der Waals surface area contributed by atoms with Gasteiger partial charge in [0.15, 0.2) is 0 Å². The van der Waals surface area contributed by atoms with Crippen molar-refractivity contribution in [3.8, 4) is 0 Å². The van der Waals surface area contributed by atoms with Crippen molar-refractivity contribution in [2.24, 2.45) is 0 Å². The zero-order valence-corrected chi connectivity index (χ0v) is 17.5. The third kappa shape index (κ3) is 5.91. The van der Waals surface area contributed by atoms with Gasteiger partial charge in [-0.2, -0.15) is 5.10 Å². The maximum atomic E-state index is 12.6. The van der Waals surface area contributed by atoms with Gasteiger partial charge in [0.05, 0.1) is 12.9 Å². The summed E-state index contributed by atoms with van der Waals surface area (Å²) < 4.78 is 3.69. The average Bonchev–Trinajstić information content (AvgIpc) is 3.51. The third-order valence-corrected chi connectivity index (χ3v) is 4.91. The molecule has 0 bridgehead atoms. The molecule has 2 N–H and O–H groups in total. The van der Waals surface area contributed by atoms with E-state index in [1.54, 1.807) is 43.0 Å². The first-order valence-corrected chi connectivity index (χ1v) is 10.3. The number of carbonyl (C=O) groups is 2. The van der Waals surface area contributed by atoms with Crippen LogP contribution in [0.3, 0.4) is 0 Å². The van der Waals surface area contributed by atoms with Gasteiger partial charge >= 0.3 is 0 Å². The Balaban J connectivity index is 1.30. The molecule has 8 nitrogen and oxygen atoms in total. The molecule has 8 heteroatoms. The zero-order valence-electron chi connectivity index (χ0n) is 17.5. The lowest BCUT2D eigenvalue weighted by molar-refractivity contribution is -0.116. The number of imidazole rings is 1. The minimum atomic E-state index is -0.197. The lowest BCUT2D eigenvalue weighted by atomic mass is 10.1. The molecule has 0 fully saturated rings. The van der Waals surface area contributed by atoms with Crippen LogP contribution in [0.25, 0.3) is 0 Å². The minimum Gasteiger partial charge on any atom is -0.348 e. The highest BCUT2D eigenvalue weighted by molar-refractivity contribution is 5.97. The highest BCUT2D eigenvalue weighted by Crippen LogP contribution is 2.12. The molecule has 0 unspecified atom stereocenters. The number of amides is 2. The van der Waals surface area contributed by atoms with E-state index in [4.69, 9.17) is 0 Å². The van der Waals surface area contributed by atoms with Gasteiger partial charge in [0.1, 0.15) is 0 Å². The number of nitrogens with one attached hydrogen (secondary N) is 2. The van der Waals surface area contributed by atoms with Gasteiger partial charge < -0.3 is 15.2 Å². The predicted molar refractivity (Wildman–Crippen MR) is 121 cm³/mol. The summed E-state index contributed by atoms with van der Waals surface area (Å²) in [7, 11) is 0. The van der Waals surface area contributed by atoms with Gasteiger partial charge in [-0.15, -0.1) is 0 Å². The van der Waals surface area contributed by atoms with Gasteiger partial charge in [-0.3, -0.25) is 14.3 Å². The molecule has 4 rings (SSSR count). The molecular formula is C24H24N6O2. The molecule has 0 aliphatic carbocycles. The molecule has 0 saturated heterocycles. The minimum absolute atomic E-state index is 0.120. The normalized spacial score (nSPS) is 10.6. The predicted octanol–water partition coefficient (Wildman–Crippen LogP) is 3.09. The van der Waals surface area contributed by atoms with Crippen molar-refractivity contribution in [1.82, 2.24) is 24.6 Å². The summed E-state index contributed by atoms with van der Waals surface area (Å²) >= 11 is 0. The Kier molecular flexibility index (Phi) is 6.72. The van der Waals surface area contributed by atoms with Crippen molar-refractivity contribution in [3.05, 3.63) is 102 Å². The van der Waals surface area contributed by atoms with Crippen LogP contribution in [0.1, 0.15) is 27.9 Å². The number of hydrogen-bond acceptors (Lipinski definition) is 4. The van der Waals surface area contributed by atoms with E-state index in [2.05, 4.69) is 26.8 Å². The molecule has 0 radical (unpaired) electrons. The second-order valence-corrected chi connectivity index (χ2v) is 7.39. The lowest BCUT2D eigenvalue weighted by Crippen LogP contribution is -2.23. The van der Waals surface area contributed by atoms with Crippen molar-refractivity contribution >= 4 is 17.5 Å². The van der Waals surface area contributed by atoms with Crippen LogP contribution in [0.2, 0.25) is 0 Å². The van der Waals surface area contributed by atoms with Crippen LogP contribution < -0.4 is 10.6 Å². The van der Waals surface area contributed by atoms with Gasteiger partial charge in [0, 0.05) is 55.5 Å². The number of aromatic nitrogens is 4. The fourth-order valence-corrected chi connectivity index (χ4v) is 3.31. The summed E-state index contributed by atoms with van der Waals surface area (Å²) in [4.78, 5) is 28.8. The molecule has 0 aliphatic rings. The maximum absolute atomic E-state index is 12.6. The number of aryl methyl sites for hydroxylation is 1. The Hall–Kier alpha value is -4.20. The number of carbonyl (C=O) groups excluding carboxylic acids is 2. The lowest BCUT2D eigenvalue weighted by Gasteiger charge is -2.10. The number of anilines is 1. The molecular weight excluding hydrogens is 404 g/mol. The molecule has 2 heterocycles. The molecule has 2 aromatic heterocycles. The van der Waals surface area contributed by atoms with E-state index < -0.39 is 0 Å². The van der Waals surface area contributed by atoms with Crippen LogP contribution in [0.4, 0.5) is 5.69 Å². The van der Waals surface area contributed by atoms with Crippen LogP contribution in [0.5, 0.6) is 0 Å². The van der Waals surface area contributed by atoms with Crippen molar-refractivity contribution in [2.75, 3.05) is 5.32 Å². The van der Waals surface area contributed by atoms with Crippen LogP contribution in [-0.4, -0.2) is 31.1 Å². The first-order chi connectivity index (χ1) is 15.7. The van der Waals surface area contributed by atoms with E-state index in [1.165, 1.54) is 0 Å².